The molecule has 0 radical (unpaired) electrons. The van der Waals surface area contributed by atoms with Crippen LogP contribution in [0.1, 0.15) is 11.1 Å². The number of carbonyl (C=O) groups excluding carboxylic acids is 2. The quantitative estimate of drug-likeness (QED) is 0.683. The van der Waals surface area contributed by atoms with Gasteiger partial charge in [0.1, 0.15) is 5.03 Å². The van der Waals surface area contributed by atoms with E-state index in [1.54, 1.807) is 44.6 Å². The van der Waals surface area contributed by atoms with Crippen LogP contribution in [0.15, 0.2) is 47.5 Å². The predicted octanol–water partition coefficient (Wildman–Crippen LogP) is 3.92. The highest BCUT2D eigenvalue weighted by atomic mass is 35.5. The van der Waals surface area contributed by atoms with Crippen LogP contribution in [0.4, 0.5) is 0 Å². The predicted molar refractivity (Wildman–Crippen MR) is 104 cm³/mol. The van der Waals surface area contributed by atoms with E-state index in [1.807, 2.05) is 12.1 Å². The van der Waals surface area contributed by atoms with Gasteiger partial charge in [0.15, 0.2) is 11.5 Å². The number of benzene rings is 2. The average Bonchev–Trinajstić information content (AvgIpc) is 2.89. The highest BCUT2D eigenvalue weighted by Gasteiger charge is 2.37. The molecule has 27 heavy (non-hydrogen) atoms. The van der Waals surface area contributed by atoms with E-state index >= 15 is 0 Å². The van der Waals surface area contributed by atoms with Crippen molar-refractivity contribution in [2.75, 3.05) is 20.8 Å². The van der Waals surface area contributed by atoms with Gasteiger partial charge in [0.25, 0.3) is 11.8 Å². The van der Waals surface area contributed by atoms with Crippen molar-refractivity contribution in [1.29, 1.82) is 0 Å². The van der Waals surface area contributed by atoms with Gasteiger partial charge in [-0.05, 0) is 41.8 Å². The number of methoxy groups -OCH3 is 2. The van der Waals surface area contributed by atoms with Crippen molar-refractivity contribution >= 4 is 40.6 Å². The molecule has 0 bridgehead atoms. The maximum absolute atomic E-state index is 12.7. The number of rotatable bonds is 6. The largest absolute Gasteiger partial charge is 0.493 e. The van der Waals surface area contributed by atoms with Gasteiger partial charge in [-0.2, -0.15) is 0 Å². The van der Waals surface area contributed by atoms with Crippen molar-refractivity contribution in [2.24, 2.45) is 0 Å². The molecule has 7 heteroatoms. The van der Waals surface area contributed by atoms with Crippen LogP contribution < -0.4 is 9.47 Å². The Morgan fingerprint density at radius 3 is 2.19 bits per heavy atom. The molecule has 0 unspecified atom stereocenters. The normalized spacial score (nSPS) is 14.1. The van der Waals surface area contributed by atoms with Gasteiger partial charge >= 0.3 is 0 Å². The van der Waals surface area contributed by atoms with Gasteiger partial charge in [-0.1, -0.05) is 41.4 Å². The summed E-state index contributed by atoms with van der Waals surface area (Å²) < 4.78 is 10.5. The summed E-state index contributed by atoms with van der Waals surface area (Å²) >= 11 is 12.0. The second-order valence-corrected chi connectivity index (χ2v) is 6.71. The summed E-state index contributed by atoms with van der Waals surface area (Å²) in [7, 11) is 3.11. The molecule has 2 amide bonds. The van der Waals surface area contributed by atoms with Crippen molar-refractivity contribution in [1.82, 2.24) is 4.90 Å². The zero-order valence-electron chi connectivity index (χ0n) is 14.8. The molecular weight excluding hydrogens is 389 g/mol. The first-order valence-corrected chi connectivity index (χ1v) is 8.94. The van der Waals surface area contributed by atoms with Crippen LogP contribution >= 0.6 is 23.2 Å². The lowest BCUT2D eigenvalue weighted by Crippen LogP contribution is -2.33. The van der Waals surface area contributed by atoms with Gasteiger partial charge in [0.05, 0.1) is 19.8 Å². The molecule has 2 aromatic carbocycles. The molecule has 3 rings (SSSR count). The van der Waals surface area contributed by atoms with Gasteiger partial charge in [-0.3, -0.25) is 14.5 Å². The fraction of sp³-hybridized carbons (Fsp3) is 0.200. The Morgan fingerprint density at radius 2 is 1.56 bits per heavy atom. The third-order valence-corrected chi connectivity index (χ3v) is 4.92. The van der Waals surface area contributed by atoms with Crippen molar-refractivity contribution in [2.45, 2.75) is 6.42 Å². The molecule has 5 nitrogen and oxygen atoms in total. The van der Waals surface area contributed by atoms with Crippen LogP contribution in [-0.4, -0.2) is 37.5 Å². The molecule has 140 valence electrons. The summed E-state index contributed by atoms with van der Waals surface area (Å²) in [4.78, 5) is 26.4. The van der Waals surface area contributed by atoms with Gasteiger partial charge in [-0.15, -0.1) is 0 Å². The lowest BCUT2D eigenvalue weighted by Gasteiger charge is -2.15. The lowest BCUT2D eigenvalue weighted by molar-refractivity contribution is -0.136. The van der Waals surface area contributed by atoms with Crippen LogP contribution in [0.3, 0.4) is 0 Å². The zero-order chi connectivity index (χ0) is 19.6. The minimum Gasteiger partial charge on any atom is -0.493 e. The SMILES string of the molecule is COc1ccc(CCN2C(=O)C(Cl)=C(c3ccc(Cl)cc3)C2=O)cc1OC. The highest BCUT2D eigenvalue weighted by molar-refractivity contribution is 6.55. The van der Waals surface area contributed by atoms with Crippen LogP contribution in [0.25, 0.3) is 5.57 Å². The molecule has 1 aliphatic rings. The van der Waals surface area contributed by atoms with E-state index in [2.05, 4.69) is 0 Å². The second kappa shape index (κ2) is 8.03. The van der Waals surface area contributed by atoms with Crippen molar-refractivity contribution < 1.29 is 19.1 Å². The van der Waals surface area contributed by atoms with E-state index in [0.29, 0.717) is 28.5 Å². The third kappa shape index (κ3) is 3.80. The first-order chi connectivity index (χ1) is 13.0. The maximum Gasteiger partial charge on any atom is 0.273 e. The number of hydrogen-bond donors (Lipinski definition) is 0. The number of amides is 2. The standard InChI is InChI=1S/C20H17Cl2NO4/c1-26-15-8-3-12(11-16(15)27-2)9-10-23-19(24)17(18(22)20(23)25)13-4-6-14(21)7-5-13/h3-8,11H,9-10H2,1-2H3. The molecular formula is C20H17Cl2NO4. The molecule has 0 saturated heterocycles. The first kappa shape index (κ1) is 19.3. The smallest absolute Gasteiger partial charge is 0.273 e. The maximum atomic E-state index is 12.7. The monoisotopic (exact) mass is 405 g/mol. The molecule has 0 aliphatic carbocycles. The highest BCUT2D eigenvalue weighted by Crippen LogP contribution is 2.33. The summed E-state index contributed by atoms with van der Waals surface area (Å²) in [6.07, 6.45) is 0.468. The van der Waals surface area contributed by atoms with Crippen LogP contribution in [-0.2, 0) is 16.0 Å². The topological polar surface area (TPSA) is 55.8 Å². The molecule has 0 N–H and O–H groups in total. The summed E-state index contributed by atoms with van der Waals surface area (Å²) in [5.41, 5.74) is 1.67. The van der Waals surface area contributed by atoms with Gasteiger partial charge in [-0.25, -0.2) is 0 Å². The van der Waals surface area contributed by atoms with Crippen LogP contribution in [0.2, 0.25) is 5.02 Å². The Kier molecular flexibility index (Phi) is 5.73. The summed E-state index contributed by atoms with van der Waals surface area (Å²) in [6.45, 7) is 0.209. The van der Waals surface area contributed by atoms with E-state index in [-0.39, 0.29) is 17.2 Å². The molecule has 2 aromatic rings. The summed E-state index contributed by atoms with van der Waals surface area (Å²) in [5, 5.41) is 0.465. The number of imide groups is 1. The second-order valence-electron chi connectivity index (χ2n) is 5.90. The number of carbonyl (C=O) groups is 2. The molecule has 0 atom stereocenters. The Bertz CT molecular complexity index is 922. The Hall–Kier alpha value is -2.50. The first-order valence-electron chi connectivity index (χ1n) is 8.19. The molecule has 0 saturated carbocycles. The van der Waals surface area contributed by atoms with Crippen LogP contribution in [0, 0.1) is 0 Å². The Morgan fingerprint density at radius 1 is 0.889 bits per heavy atom. The molecule has 0 fully saturated rings. The van der Waals surface area contributed by atoms with Crippen molar-refractivity contribution in [3.8, 4) is 11.5 Å². The number of ether oxygens (including phenoxy) is 2. The zero-order valence-corrected chi connectivity index (χ0v) is 16.3. The van der Waals surface area contributed by atoms with E-state index in [4.69, 9.17) is 32.7 Å². The van der Waals surface area contributed by atoms with Gasteiger partial charge in [0.2, 0.25) is 0 Å². The fourth-order valence-corrected chi connectivity index (χ4v) is 3.31. The molecule has 0 spiro atoms. The van der Waals surface area contributed by atoms with Gasteiger partial charge in [0, 0.05) is 11.6 Å². The molecule has 1 heterocycles. The number of halogens is 2. The van der Waals surface area contributed by atoms with Crippen molar-refractivity contribution in [3.05, 3.63) is 63.6 Å². The van der Waals surface area contributed by atoms with E-state index in [1.165, 1.54) is 0 Å². The van der Waals surface area contributed by atoms with E-state index in [0.717, 1.165) is 10.5 Å². The third-order valence-electron chi connectivity index (χ3n) is 4.32. The minimum absolute atomic E-state index is 0.0744. The summed E-state index contributed by atoms with van der Waals surface area (Å²) in [6, 6.07) is 12.1. The number of hydrogen-bond acceptors (Lipinski definition) is 4. The van der Waals surface area contributed by atoms with E-state index in [9.17, 15) is 9.59 Å². The Labute approximate surface area is 167 Å². The number of nitrogens with zero attached hydrogens (tertiary/aromatic N) is 1. The van der Waals surface area contributed by atoms with E-state index < -0.39 is 11.8 Å². The van der Waals surface area contributed by atoms with Crippen LogP contribution in [0.5, 0.6) is 11.5 Å². The fourth-order valence-electron chi connectivity index (χ4n) is 2.89. The van der Waals surface area contributed by atoms with Crippen molar-refractivity contribution in [3.63, 3.8) is 0 Å². The molecule has 1 aliphatic heterocycles. The minimum atomic E-state index is -0.493. The van der Waals surface area contributed by atoms with Gasteiger partial charge < -0.3 is 9.47 Å². The lowest BCUT2D eigenvalue weighted by atomic mass is 10.1. The average molecular weight is 406 g/mol. The Balaban J connectivity index is 1.77. The molecule has 0 aromatic heterocycles. The summed E-state index contributed by atoms with van der Waals surface area (Å²) in [5.74, 6) is 0.302.